The minimum atomic E-state index is 0.460. The molecule has 6 nitrogen and oxygen atoms in total. The number of nitrogens with zero attached hydrogens (tertiary/aromatic N) is 6. The van der Waals surface area contributed by atoms with Crippen LogP contribution in [0.2, 0.25) is 0 Å². The highest BCUT2D eigenvalue weighted by Gasteiger charge is 2.25. The summed E-state index contributed by atoms with van der Waals surface area (Å²) in [4.78, 5) is 21.3. The van der Waals surface area contributed by atoms with Gasteiger partial charge in [0.2, 0.25) is 0 Å². The van der Waals surface area contributed by atoms with Crippen LogP contribution in [-0.2, 0) is 0 Å². The molecule has 0 amide bonds. The number of nitriles is 1. The molecule has 0 aliphatic carbocycles. The predicted molar refractivity (Wildman–Crippen MR) is 280 cm³/mol. The number of benzene rings is 9. The molecule has 69 heavy (non-hydrogen) atoms. The molecular formula is C63H40N6. The Morgan fingerprint density at radius 3 is 1.00 bits per heavy atom. The van der Waals surface area contributed by atoms with Gasteiger partial charge in [0.25, 0.3) is 0 Å². The van der Waals surface area contributed by atoms with E-state index >= 15 is 0 Å². The number of hydrogen-bond donors (Lipinski definition) is 0. The highest BCUT2D eigenvalue weighted by Crippen LogP contribution is 2.45. The van der Waals surface area contributed by atoms with Crippen LogP contribution in [0.5, 0.6) is 0 Å². The lowest BCUT2D eigenvalue weighted by molar-refractivity contribution is 1.14. The van der Waals surface area contributed by atoms with Crippen molar-refractivity contribution in [3.05, 3.63) is 248 Å². The van der Waals surface area contributed by atoms with Crippen LogP contribution in [0.1, 0.15) is 5.56 Å². The Balaban J connectivity index is 1.26. The van der Waals surface area contributed by atoms with Crippen molar-refractivity contribution in [2.75, 3.05) is 0 Å². The van der Waals surface area contributed by atoms with Crippen molar-refractivity contribution >= 4 is 21.8 Å². The SMILES string of the molecule is N#Cc1cc(-c2cc(-c3ccccc3)nc(-c3ccccc3)n2)c(-n2c3cc(-c4ccccc4)ccc3c3ccc(-c4ccccc4)cc32)c(-c2cc(-c3ccccc3)nc(-c3ccccc3)n2)c1. The zero-order valence-electron chi connectivity index (χ0n) is 37.3. The first kappa shape index (κ1) is 40.9. The summed E-state index contributed by atoms with van der Waals surface area (Å²) in [5.41, 5.74) is 15.6. The average Bonchev–Trinajstić information content (AvgIpc) is 3.76. The topological polar surface area (TPSA) is 80.3 Å². The second kappa shape index (κ2) is 17.7. The van der Waals surface area contributed by atoms with Crippen molar-refractivity contribution in [2.45, 2.75) is 0 Å². The van der Waals surface area contributed by atoms with Crippen LogP contribution < -0.4 is 0 Å². The minimum absolute atomic E-state index is 0.460. The quantitative estimate of drug-likeness (QED) is 0.144. The molecule has 0 bridgehead atoms. The molecule has 0 aliphatic rings. The number of fused-ring (bicyclic) bond motifs is 3. The molecule has 322 valence electrons. The van der Waals surface area contributed by atoms with Crippen LogP contribution in [0, 0.1) is 11.3 Å². The van der Waals surface area contributed by atoms with Gasteiger partial charge in [0.1, 0.15) is 0 Å². The van der Waals surface area contributed by atoms with Gasteiger partial charge in [-0.25, -0.2) is 19.9 Å². The maximum Gasteiger partial charge on any atom is 0.160 e. The molecule has 3 heterocycles. The van der Waals surface area contributed by atoms with E-state index in [0.29, 0.717) is 28.6 Å². The molecule has 12 rings (SSSR count). The molecule has 12 aromatic rings. The van der Waals surface area contributed by atoms with Crippen LogP contribution in [0.25, 0.3) is 118 Å². The van der Waals surface area contributed by atoms with E-state index in [4.69, 9.17) is 19.9 Å². The van der Waals surface area contributed by atoms with Gasteiger partial charge in [-0.1, -0.05) is 206 Å². The normalized spacial score (nSPS) is 11.2. The summed E-state index contributed by atoms with van der Waals surface area (Å²) in [5.74, 6) is 1.14. The number of aromatic nitrogens is 5. The fraction of sp³-hybridized carbons (Fsp3) is 0. The number of rotatable bonds is 9. The summed E-state index contributed by atoms with van der Waals surface area (Å²) < 4.78 is 2.37. The molecule has 0 saturated carbocycles. The molecule has 0 saturated heterocycles. The molecule has 0 atom stereocenters. The summed E-state index contributed by atoms with van der Waals surface area (Å²) in [6, 6.07) is 85.6. The summed E-state index contributed by atoms with van der Waals surface area (Å²) >= 11 is 0. The molecule has 0 fully saturated rings. The second-order valence-corrected chi connectivity index (χ2v) is 17.0. The molecule has 3 aromatic heterocycles. The molecule has 0 spiro atoms. The van der Waals surface area contributed by atoms with E-state index in [2.05, 4.69) is 132 Å². The van der Waals surface area contributed by atoms with Crippen molar-refractivity contribution in [3.63, 3.8) is 0 Å². The largest absolute Gasteiger partial charge is 0.308 e. The second-order valence-electron chi connectivity index (χ2n) is 17.0. The van der Waals surface area contributed by atoms with E-state index in [-0.39, 0.29) is 0 Å². The predicted octanol–water partition coefficient (Wildman–Crippen LogP) is 15.6. The molecule has 0 radical (unpaired) electrons. The summed E-state index contributed by atoms with van der Waals surface area (Å²) in [7, 11) is 0. The van der Waals surface area contributed by atoms with Gasteiger partial charge in [-0.05, 0) is 58.7 Å². The van der Waals surface area contributed by atoms with Crippen molar-refractivity contribution in [2.24, 2.45) is 0 Å². The average molecular weight is 881 g/mol. The van der Waals surface area contributed by atoms with Crippen LogP contribution >= 0.6 is 0 Å². The van der Waals surface area contributed by atoms with Crippen molar-refractivity contribution in [3.8, 4) is 102 Å². The van der Waals surface area contributed by atoms with E-state index in [1.54, 1.807) is 0 Å². The molecule has 6 heteroatoms. The Labute approximate surface area is 399 Å². The smallest absolute Gasteiger partial charge is 0.160 e. The fourth-order valence-electron chi connectivity index (χ4n) is 9.33. The molecule has 0 aliphatic heterocycles. The summed E-state index contributed by atoms with van der Waals surface area (Å²) in [5, 5.41) is 13.2. The fourth-order valence-corrected chi connectivity index (χ4v) is 9.33. The lowest BCUT2D eigenvalue weighted by Crippen LogP contribution is -2.05. The van der Waals surface area contributed by atoms with Crippen molar-refractivity contribution in [1.82, 2.24) is 24.5 Å². The van der Waals surface area contributed by atoms with Gasteiger partial charge in [0, 0.05) is 44.2 Å². The van der Waals surface area contributed by atoms with Gasteiger partial charge < -0.3 is 4.57 Å². The van der Waals surface area contributed by atoms with Crippen LogP contribution in [-0.4, -0.2) is 24.5 Å². The van der Waals surface area contributed by atoms with Gasteiger partial charge in [-0.3, -0.25) is 0 Å². The molecule has 0 N–H and O–H groups in total. The Morgan fingerprint density at radius 1 is 0.304 bits per heavy atom. The third-order valence-electron chi connectivity index (χ3n) is 12.7. The first-order valence-corrected chi connectivity index (χ1v) is 22.9. The monoisotopic (exact) mass is 880 g/mol. The first-order valence-electron chi connectivity index (χ1n) is 22.9. The van der Waals surface area contributed by atoms with Gasteiger partial charge in [-0.15, -0.1) is 0 Å². The van der Waals surface area contributed by atoms with Crippen LogP contribution in [0.4, 0.5) is 0 Å². The molecular weight excluding hydrogens is 841 g/mol. The first-order chi connectivity index (χ1) is 34.1. The molecule has 9 aromatic carbocycles. The number of hydrogen-bond acceptors (Lipinski definition) is 5. The van der Waals surface area contributed by atoms with E-state index in [1.807, 2.05) is 121 Å². The van der Waals surface area contributed by atoms with E-state index in [9.17, 15) is 5.26 Å². The van der Waals surface area contributed by atoms with Gasteiger partial charge >= 0.3 is 0 Å². The van der Waals surface area contributed by atoms with Crippen molar-refractivity contribution < 1.29 is 0 Å². The van der Waals surface area contributed by atoms with E-state index < -0.39 is 0 Å². The molecule has 0 unspecified atom stereocenters. The van der Waals surface area contributed by atoms with Crippen LogP contribution in [0.3, 0.4) is 0 Å². The van der Waals surface area contributed by atoms with Gasteiger partial charge in [0.15, 0.2) is 11.6 Å². The highest BCUT2D eigenvalue weighted by atomic mass is 15.0. The Hall–Kier alpha value is -9.57. The third kappa shape index (κ3) is 7.80. The van der Waals surface area contributed by atoms with Gasteiger partial charge in [-0.2, -0.15) is 5.26 Å². The standard InChI is InChI=1S/C63H40N6/c64-41-42-35-53(57-39-55(45-23-11-3-12-24-45)65-62(67-57)47-27-15-5-16-28-47)61(54(36-42)58-40-56(46-25-13-4-14-26-46)66-63(68-58)48-29-17-6-18-30-48)69-59-37-49(43-19-7-1-8-20-43)31-33-51(59)52-34-32-50(38-60(52)69)44-21-9-2-10-22-44/h1-40H. The van der Waals surface area contributed by atoms with Gasteiger partial charge in [0.05, 0.1) is 51.1 Å². The Kier molecular flexibility index (Phi) is 10.5. The zero-order chi connectivity index (χ0) is 46.1. The zero-order valence-corrected chi connectivity index (χ0v) is 37.3. The lowest BCUT2D eigenvalue weighted by atomic mass is 9.95. The summed E-state index contributed by atoms with van der Waals surface area (Å²) in [6.07, 6.45) is 0. The summed E-state index contributed by atoms with van der Waals surface area (Å²) in [6.45, 7) is 0. The lowest BCUT2D eigenvalue weighted by Gasteiger charge is -2.21. The van der Waals surface area contributed by atoms with Crippen LogP contribution in [0.15, 0.2) is 243 Å². The Bertz CT molecular complexity index is 3510. The van der Waals surface area contributed by atoms with Crippen molar-refractivity contribution in [1.29, 1.82) is 5.26 Å². The van der Waals surface area contributed by atoms with E-state index in [1.165, 1.54) is 0 Å². The third-order valence-corrected chi connectivity index (χ3v) is 12.7. The van der Waals surface area contributed by atoms with E-state index in [0.717, 1.165) is 94.5 Å². The minimum Gasteiger partial charge on any atom is -0.308 e. The Morgan fingerprint density at radius 2 is 0.638 bits per heavy atom. The maximum absolute atomic E-state index is 11.1. The highest BCUT2D eigenvalue weighted by molar-refractivity contribution is 6.12. The maximum atomic E-state index is 11.1.